The van der Waals surface area contributed by atoms with Crippen molar-refractivity contribution in [1.82, 2.24) is 9.97 Å². The Hall–Kier alpha value is -2.47. The summed E-state index contributed by atoms with van der Waals surface area (Å²) in [6, 6.07) is 7.43. The molecule has 0 atom stereocenters. The minimum Gasteiger partial charge on any atom is -0.444 e. The van der Waals surface area contributed by atoms with E-state index >= 15 is 0 Å². The van der Waals surface area contributed by atoms with E-state index in [-0.39, 0.29) is 12.3 Å². The molecule has 0 radical (unpaired) electrons. The Balaban J connectivity index is 1.71. The van der Waals surface area contributed by atoms with Gasteiger partial charge in [-0.05, 0) is 32.0 Å². The fourth-order valence-electron chi connectivity index (χ4n) is 2.08. The molecule has 0 bridgehead atoms. The Bertz CT molecular complexity index is 807. The van der Waals surface area contributed by atoms with Crippen molar-refractivity contribution in [2.45, 2.75) is 20.3 Å². The van der Waals surface area contributed by atoms with Crippen molar-refractivity contribution in [3.05, 3.63) is 52.3 Å². The summed E-state index contributed by atoms with van der Waals surface area (Å²) in [5.74, 6) is 0.453. The number of hydrogen-bond acceptors (Lipinski definition) is 5. The van der Waals surface area contributed by atoms with Crippen LogP contribution in [0.5, 0.6) is 0 Å². The maximum Gasteiger partial charge on any atom is 0.230 e. The normalized spacial score (nSPS) is 10.6. The Morgan fingerprint density at radius 1 is 1.32 bits per heavy atom. The minimum atomic E-state index is -0.0916. The van der Waals surface area contributed by atoms with Gasteiger partial charge in [0.15, 0.2) is 0 Å². The smallest absolute Gasteiger partial charge is 0.230 e. The number of carbonyl (C=O) groups is 1. The second-order valence-electron chi connectivity index (χ2n) is 4.96. The van der Waals surface area contributed by atoms with E-state index in [2.05, 4.69) is 15.3 Å². The van der Waals surface area contributed by atoms with E-state index in [0.717, 1.165) is 22.0 Å². The molecule has 0 saturated heterocycles. The predicted octanol–water partition coefficient (Wildman–Crippen LogP) is 3.60. The summed E-state index contributed by atoms with van der Waals surface area (Å²) < 4.78 is 5.38. The van der Waals surface area contributed by atoms with Crippen LogP contribution >= 0.6 is 11.3 Å². The van der Waals surface area contributed by atoms with E-state index in [4.69, 9.17) is 4.42 Å². The molecule has 0 aliphatic rings. The molecule has 0 unspecified atom stereocenters. The van der Waals surface area contributed by atoms with Gasteiger partial charge >= 0.3 is 0 Å². The number of rotatable bonds is 4. The number of oxazole rings is 1. The van der Waals surface area contributed by atoms with Crippen molar-refractivity contribution in [3.63, 3.8) is 0 Å². The first kappa shape index (κ1) is 14.5. The lowest BCUT2D eigenvalue weighted by Crippen LogP contribution is -2.14. The molecule has 6 heteroatoms. The predicted molar refractivity (Wildman–Crippen MR) is 85.9 cm³/mol. The van der Waals surface area contributed by atoms with E-state index in [1.54, 1.807) is 17.6 Å². The number of hydrogen-bond donors (Lipinski definition) is 1. The zero-order valence-corrected chi connectivity index (χ0v) is 13.1. The molecule has 1 aromatic carbocycles. The quantitative estimate of drug-likeness (QED) is 0.799. The molecule has 0 fully saturated rings. The molecule has 0 aliphatic heterocycles. The number of thiazole rings is 1. The van der Waals surface area contributed by atoms with Crippen molar-refractivity contribution in [3.8, 4) is 11.5 Å². The summed E-state index contributed by atoms with van der Waals surface area (Å²) in [5.41, 5.74) is 3.16. The summed E-state index contributed by atoms with van der Waals surface area (Å²) in [7, 11) is 0. The zero-order chi connectivity index (χ0) is 15.5. The molecule has 2 aromatic heterocycles. The van der Waals surface area contributed by atoms with Crippen molar-refractivity contribution in [2.75, 3.05) is 5.32 Å². The lowest BCUT2D eigenvalue weighted by Gasteiger charge is -2.05. The maximum absolute atomic E-state index is 12.1. The van der Waals surface area contributed by atoms with E-state index in [1.807, 2.05) is 43.5 Å². The molecular formula is C16H15N3O2S. The molecule has 3 rings (SSSR count). The molecule has 1 amide bonds. The minimum absolute atomic E-state index is 0.0916. The summed E-state index contributed by atoms with van der Waals surface area (Å²) in [6.07, 6.45) is 1.87. The number of aromatic nitrogens is 2. The largest absolute Gasteiger partial charge is 0.444 e. The average Bonchev–Trinajstić information content (AvgIpc) is 3.08. The van der Waals surface area contributed by atoms with Crippen LogP contribution in [0.4, 0.5) is 5.69 Å². The van der Waals surface area contributed by atoms with Crippen LogP contribution < -0.4 is 5.32 Å². The fourth-order valence-corrected chi connectivity index (χ4v) is 2.69. The van der Waals surface area contributed by atoms with E-state index in [9.17, 15) is 4.79 Å². The Morgan fingerprint density at radius 2 is 2.18 bits per heavy atom. The van der Waals surface area contributed by atoms with Gasteiger partial charge in [-0.2, -0.15) is 0 Å². The van der Waals surface area contributed by atoms with Crippen LogP contribution in [-0.4, -0.2) is 15.9 Å². The monoisotopic (exact) mass is 313 g/mol. The number of amides is 1. The molecule has 0 saturated carbocycles. The first-order valence-corrected chi connectivity index (χ1v) is 7.71. The summed E-state index contributed by atoms with van der Waals surface area (Å²) in [5, 5.41) is 5.74. The number of anilines is 1. The third-order valence-electron chi connectivity index (χ3n) is 3.02. The van der Waals surface area contributed by atoms with Crippen molar-refractivity contribution >= 4 is 22.9 Å². The molecule has 5 nitrogen and oxygen atoms in total. The van der Waals surface area contributed by atoms with Crippen LogP contribution in [0.25, 0.3) is 11.5 Å². The molecule has 112 valence electrons. The first-order chi connectivity index (χ1) is 10.6. The van der Waals surface area contributed by atoms with E-state index < -0.39 is 0 Å². The lowest BCUT2D eigenvalue weighted by atomic mass is 10.2. The SMILES string of the molecule is Cc1coc(-c2cccc(NC(=O)Cc3csc(C)n3)c2)n1. The Labute approximate surface area is 132 Å². The van der Waals surface area contributed by atoms with Crippen molar-refractivity contribution in [1.29, 1.82) is 0 Å². The Morgan fingerprint density at radius 3 is 2.86 bits per heavy atom. The van der Waals surface area contributed by atoms with Gasteiger partial charge in [-0.3, -0.25) is 4.79 Å². The van der Waals surface area contributed by atoms with Gasteiger partial charge in [0.2, 0.25) is 11.8 Å². The maximum atomic E-state index is 12.1. The third-order valence-corrected chi connectivity index (χ3v) is 3.84. The van der Waals surface area contributed by atoms with Crippen molar-refractivity contribution < 1.29 is 9.21 Å². The average molecular weight is 313 g/mol. The molecular weight excluding hydrogens is 298 g/mol. The number of benzene rings is 1. The van der Waals surface area contributed by atoms with Gasteiger partial charge in [0, 0.05) is 16.6 Å². The second-order valence-corrected chi connectivity index (χ2v) is 6.02. The van der Waals surface area contributed by atoms with Gasteiger partial charge in [0.05, 0.1) is 22.8 Å². The molecule has 2 heterocycles. The Kier molecular flexibility index (Phi) is 4.02. The van der Waals surface area contributed by atoms with Crippen LogP contribution in [0, 0.1) is 13.8 Å². The van der Waals surface area contributed by atoms with Gasteiger partial charge in [-0.1, -0.05) is 6.07 Å². The zero-order valence-electron chi connectivity index (χ0n) is 12.3. The molecule has 22 heavy (non-hydrogen) atoms. The highest BCUT2D eigenvalue weighted by atomic mass is 32.1. The van der Waals surface area contributed by atoms with Gasteiger partial charge < -0.3 is 9.73 Å². The van der Waals surface area contributed by atoms with Crippen LogP contribution in [0.3, 0.4) is 0 Å². The first-order valence-electron chi connectivity index (χ1n) is 6.83. The lowest BCUT2D eigenvalue weighted by molar-refractivity contribution is -0.115. The summed E-state index contributed by atoms with van der Waals surface area (Å²) in [6.45, 7) is 3.79. The number of nitrogens with one attached hydrogen (secondary N) is 1. The highest BCUT2D eigenvalue weighted by molar-refractivity contribution is 7.09. The van der Waals surface area contributed by atoms with Crippen LogP contribution in [-0.2, 0) is 11.2 Å². The van der Waals surface area contributed by atoms with Crippen LogP contribution in [0.2, 0.25) is 0 Å². The standard InChI is InChI=1S/C16H15N3O2S/c1-10-8-21-16(17-10)12-4-3-5-13(6-12)19-15(20)7-14-9-22-11(2)18-14/h3-6,8-9H,7H2,1-2H3,(H,19,20). The third kappa shape index (κ3) is 3.40. The molecule has 0 spiro atoms. The molecule has 0 aliphatic carbocycles. The molecule has 3 aromatic rings. The van der Waals surface area contributed by atoms with Crippen LogP contribution in [0.15, 0.2) is 40.3 Å². The van der Waals surface area contributed by atoms with Gasteiger partial charge in [0.1, 0.15) is 6.26 Å². The number of aryl methyl sites for hydroxylation is 2. The van der Waals surface area contributed by atoms with Gasteiger partial charge in [-0.25, -0.2) is 9.97 Å². The van der Waals surface area contributed by atoms with Crippen molar-refractivity contribution in [2.24, 2.45) is 0 Å². The van der Waals surface area contributed by atoms with Gasteiger partial charge in [-0.15, -0.1) is 11.3 Å². The molecule has 1 N–H and O–H groups in total. The van der Waals surface area contributed by atoms with E-state index in [0.29, 0.717) is 11.6 Å². The summed E-state index contributed by atoms with van der Waals surface area (Å²) >= 11 is 1.54. The van der Waals surface area contributed by atoms with Gasteiger partial charge in [0.25, 0.3) is 0 Å². The highest BCUT2D eigenvalue weighted by Crippen LogP contribution is 2.22. The number of carbonyl (C=O) groups excluding carboxylic acids is 1. The second kappa shape index (κ2) is 6.11. The fraction of sp³-hybridized carbons (Fsp3) is 0.188. The topological polar surface area (TPSA) is 68.0 Å². The number of nitrogens with zero attached hydrogens (tertiary/aromatic N) is 2. The highest BCUT2D eigenvalue weighted by Gasteiger charge is 2.09. The van der Waals surface area contributed by atoms with Crippen LogP contribution in [0.1, 0.15) is 16.4 Å². The van der Waals surface area contributed by atoms with E-state index in [1.165, 1.54) is 0 Å². The summed E-state index contributed by atoms with van der Waals surface area (Å²) in [4.78, 5) is 20.6.